The monoisotopic (exact) mass is 167 g/mol. The van der Waals surface area contributed by atoms with E-state index < -0.39 is 0 Å². The lowest BCUT2D eigenvalue weighted by Gasteiger charge is -2.05. The summed E-state index contributed by atoms with van der Waals surface area (Å²) in [5.74, 6) is 0. The van der Waals surface area contributed by atoms with Gasteiger partial charge in [0.1, 0.15) is 5.03 Å². The van der Waals surface area contributed by atoms with E-state index in [9.17, 15) is 4.79 Å². The van der Waals surface area contributed by atoms with Crippen LogP contribution < -0.4 is 9.84 Å². The predicted molar refractivity (Wildman–Crippen MR) is 41.8 cm³/mol. The lowest BCUT2D eigenvalue weighted by Crippen LogP contribution is -2.26. The number of nitrogens with zero attached hydrogens (tertiary/aromatic N) is 2. The Morgan fingerprint density at radius 3 is 3.45 bits per heavy atom. The molecule has 2 heterocycles. The third-order valence-electron chi connectivity index (χ3n) is 1.36. The number of hydrogen-bond acceptors (Lipinski definition) is 4. The van der Waals surface area contributed by atoms with Crippen LogP contribution in [0.25, 0.3) is 0 Å². The maximum Gasteiger partial charge on any atom is 0.229 e. The quantitative estimate of drug-likeness (QED) is 0.490. The van der Waals surface area contributed by atoms with E-state index in [1.165, 1.54) is 17.0 Å². The van der Waals surface area contributed by atoms with E-state index in [2.05, 4.69) is 9.82 Å². The summed E-state index contributed by atoms with van der Waals surface area (Å²) in [6.07, 6.45) is 2.42. The minimum atomic E-state index is 0.723. The number of carbonyl (C=O) groups excluding carboxylic acids is 1. The molecule has 5 heteroatoms. The first-order valence-corrected chi connectivity index (χ1v) is 3.85. The summed E-state index contributed by atoms with van der Waals surface area (Å²) in [5.41, 5.74) is 0.813. The fourth-order valence-electron chi connectivity index (χ4n) is 0.864. The second kappa shape index (κ2) is 2.52. The van der Waals surface area contributed by atoms with E-state index in [1.54, 1.807) is 12.3 Å². The molecule has 0 fully saturated rings. The van der Waals surface area contributed by atoms with Crippen molar-refractivity contribution in [1.29, 1.82) is 0 Å². The number of hydrazine groups is 1. The van der Waals surface area contributed by atoms with Gasteiger partial charge < -0.3 is 0 Å². The van der Waals surface area contributed by atoms with Gasteiger partial charge in [-0.2, -0.15) is 4.83 Å². The van der Waals surface area contributed by atoms with Gasteiger partial charge in [0.05, 0.1) is 5.69 Å². The van der Waals surface area contributed by atoms with Gasteiger partial charge in [0, 0.05) is 6.20 Å². The average molecular weight is 167 g/mol. The van der Waals surface area contributed by atoms with Gasteiger partial charge >= 0.3 is 0 Å². The van der Waals surface area contributed by atoms with Crippen molar-refractivity contribution in [3.05, 3.63) is 18.3 Å². The van der Waals surface area contributed by atoms with E-state index >= 15 is 0 Å². The number of rotatable bonds is 1. The first-order valence-electron chi connectivity index (χ1n) is 3.04. The number of amides is 1. The van der Waals surface area contributed by atoms with E-state index in [1.807, 2.05) is 6.07 Å². The van der Waals surface area contributed by atoms with Gasteiger partial charge in [-0.15, -0.1) is 0 Å². The Labute approximate surface area is 67.7 Å². The summed E-state index contributed by atoms with van der Waals surface area (Å²) in [6.45, 7) is 0. The van der Waals surface area contributed by atoms with Crippen LogP contribution in [0.3, 0.4) is 0 Å². The molecule has 4 nitrogen and oxygen atoms in total. The van der Waals surface area contributed by atoms with Crippen LogP contribution in [-0.4, -0.2) is 11.4 Å². The molecule has 0 saturated heterocycles. The number of fused-ring (bicyclic) bond motifs is 1. The molecule has 1 aliphatic heterocycles. The normalized spacial score (nSPS) is 14.7. The van der Waals surface area contributed by atoms with Crippen molar-refractivity contribution in [2.75, 3.05) is 5.01 Å². The Morgan fingerprint density at radius 2 is 2.64 bits per heavy atom. The van der Waals surface area contributed by atoms with E-state index in [0.717, 1.165) is 17.1 Å². The number of anilines is 1. The molecular formula is C6H5N3OS. The third-order valence-corrected chi connectivity index (χ3v) is 2.15. The molecule has 0 aliphatic carbocycles. The van der Waals surface area contributed by atoms with Crippen molar-refractivity contribution in [2.45, 2.75) is 5.03 Å². The number of aromatic nitrogens is 1. The summed E-state index contributed by atoms with van der Waals surface area (Å²) >= 11 is 1.33. The maximum absolute atomic E-state index is 10.4. The first-order chi connectivity index (χ1) is 5.42. The highest BCUT2D eigenvalue weighted by Gasteiger charge is 2.18. The Bertz CT molecular complexity index is 291. The van der Waals surface area contributed by atoms with Gasteiger partial charge in [0.15, 0.2) is 0 Å². The zero-order valence-electron chi connectivity index (χ0n) is 5.52. The van der Waals surface area contributed by atoms with Crippen LogP contribution in [0.15, 0.2) is 23.4 Å². The fourth-order valence-corrected chi connectivity index (χ4v) is 1.57. The van der Waals surface area contributed by atoms with Crippen LogP contribution in [0, 0.1) is 0 Å². The van der Waals surface area contributed by atoms with Crippen LogP contribution >= 0.6 is 11.9 Å². The highest BCUT2D eigenvalue weighted by atomic mass is 32.2. The molecule has 11 heavy (non-hydrogen) atoms. The lowest BCUT2D eigenvalue weighted by molar-refractivity contribution is -0.107. The molecule has 0 aromatic carbocycles. The van der Waals surface area contributed by atoms with E-state index in [4.69, 9.17) is 0 Å². The molecule has 1 aromatic rings. The summed E-state index contributed by atoms with van der Waals surface area (Å²) in [4.78, 5) is 17.2. The standard InChI is InChI=1S/C6H5N3OS/c10-4-9-5-2-1-3-7-6(5)11-8-9/h1-4,8H. The largest absolute Gasteiger partial charge is 0.277 e. The number of hydrogen-bond donors (Lipinski definition) is 1. The zero-order valence-corrected chi connectivity index (χ0v) is 6.34. The smallest absolute Gasteiger partial charge is 0.229 e. The number of nitrogens with one attached hydrogen (secondary N) is 1. The molecular weight excluding hydrogens is 162 g/mol. The number of pyridine rings is 1. The molecule has 1 N–H and O–H groups in total. The molecule has 0 spiro atoms. The van der Waals surface area contributed by atoms with Crippen molar-refractivity contribution in [3.63, 3.8) is 0 Å². The SMILES string of the molecule is O=CN1NSc2ncccc21. The first kappa shape index (κ1) is 6.63. The van der Waals surface area contributed by atoms with Crippen LogP contribution in [0.5, 0.6) is 0 Å². The molecule has 1 aromatic heterocycles. The van der Waals surface area contributed by atoms with Gasteiger partial charge in [0.25, 0.3) is 0 Å². The van der Waals surface area contributed by atoms with Crippen LogP contribution in [0.4, 0.5) is 5.69 Å². The Kier molecular flexibility index (Phi) is 1.52. The second-order valence-corrected chi connectivity index (χ2v) is 2.77. The van der Waals surface area contributed by atoms with Crippen molar-refractivity contribution >= 4 is 24.0 Å². The summed E-state index contributed by atoms with van der Waals surface area (Å²) < 4.78 is 0. The minimum absolute atomic E-state index is 0.723. The third kappa shape index (κ3) is 0.979. The Morgan fingerprint density at radius 1 is 1.73 bits per heavy atom. The Hall–Kier alpha value is -1.07. The molecule has 0 saturated carbocycles. The van der Waals surface area contributed by atoms with Crippen molar-refractivity contribution in [2.24, 2.45) is 0 Å². The van der Waals surface area contributed by atoms with Gasteiger partial charge in [-0.05, 0) is 24.1 Å². The van der Waals surface area contributed by atoms with Gasteiger partial charge in [0.2, 0.25) is 6.41 Å². The maximum atomic E-state index is 10.4. The van der Waals surface area contributed by atoms with Crippen molar-refractivity contribution in [1.82, 2.24) is 9.82 Å². The molecule has 0 bridgehead atoms. The lowest BCUT2D eigenvalue weighted by atomic mass is 10.4. The summed E-state index contributed by atoms with van der Waals surface area (Å²) in [6, 6.07) is 3.63. The zero-order chi connectivity index (χ0) is 7.68. The van der Waals surface area contributed by atoms with Crippen LogP contribution in [0.1, 0.15) is 0 Å². The van der Waals surface area contributed by atoms with E-state index in [0.29, 0.717) is 0 Å². The molecule has 0 unspecified atom stereocenters. The van der Waals surface area contributed by atoms with Crippen LogP contribution in [-0.2, 0) is 4.79 Å². The predicted octanol–water partition coefficient (Wildman–Crippen LogP) is 0.570. The van der Waals surface area contributed by atoms with Crippen molar-refractivity contribution in [3.8, 4) is 0 Å². The summed E-state index contributed by atoms with van der Waals surface area (Å²) in [7, 11) is 0. The van der Waals surface area contributed by atoms with E-state index in [-0.39, 0.29) is 0 Å². The van der Waals surface area contributed by atoms with Gasteiger partial charge in [-0.3, -0.25) is 4.79 Å². The highest BCUT2D eigenvalue weighted by Crippen LogP contribution is 2.30. The average Bonchev–Trinajstić information content (AvgIpc) is 2.47. The van der Waals surface area contributed by atoms with Gasteiger partial charge in [-0.25, -0.2) is 9.99 Å². The summed E-state index contributed by atoms with van der Waals surface area (Å²) in [5, 5.41) is 2.23. The molecule has 0 atom stereocenters. The molecule has 0 radical (unpaired) electrons. The number of carbonyl (C=O) groups is 1. The highest BCUT2D eigenvalue weighted by molar-refractivity contribution is 7.97. The topological polar surface area (TPSA) is 45.2 Å². The second-order valence-electron chi connectivity index (χ2n) is 2.00. The molecule has 56 valence electrons. The van der Waals surface area contributed by atoms with Crippen molar-refractivity contribution < 1.29 is 4.79 Å². The fraction of sp³-hybridized carbons (Fsp3) is 0. The molecule has 1 amide bonds. The van der Waals surface area contributed by atoms with Crippen LogP contribution in [0.2, 0.25) is 0 Å². The molecule has 2 rings (SSSR count). The minimum Gasteiger partial charge on any atom is -0.277 e. The van der Waals surface area contributed by atoms with Gasteiger partial charge in [-0.1, -0.05) is 0 Å². The molecule has 1 aliphatic rings. The Balaban J connectivity index is 2.46.